The summed E-state index contributed by atoms with van der Waals surface area (Å²) in [6.45, 7) is 6.38. The maximum Gasteiger partial charge on any atom is 0.306 e. The van der Waals surface area contributed by atoms with Gasteiger partial charge >= 0.3 is 17.9 Å². The van der Waals surface area contributed by atoms with Crippen LogP contribution in [0.3, 0.4) is 0 Å². The average Bonchev–Trinajstić information content (AvgIpc) is 3.33. The number of esters is 3. The van der Waals surface area contributed by atoms with E-state index in [-0.39, 0.29) is 37.5 Å². The molecule has 67 heavy (non-hydrogen) atoms. The highest BCUT2D eigenvalue weighted by Gasteiger charge is 2.19. The van der Waals surface area contributed by atoms with Crippen LogP contribution in [0.25, 0.3) is 0 Å². The predicted octanol–water partition coefficient (Wildman–Crippen LogP) is 18.1. The molecule has 6 nitrogen and oxygen atoms in total. The van der Waals surface area contributed by atoms with Crippen LogP contribution in [0.4, 0.5) is 0 Å². The Hall–Kier alpha value is -4.19. The van der Waals surface area contributed by atoms with E-state index in [1.54, 1.807) is 0 Å². The Labute approximate surface area is 412 Å². The number of carbonyl (C=O) groups is 3. The number of ether oxygens (including phenoxy) is 3. The van der Waals surface area contributed by atoms with Crippen LogP contribution in [-0.2, 0) is 28.6 Å². The van der Waals surface area contributed by atoms with Gasteiger partial charge in [-0.05, 0) is 128 Å². The minimum absolute atomic E-state index is 0.126. The van der Waals surface area contributed by atoms with Gasteiger partial charge in [-0.3, -0.25) is 14.4 Å². The van der Waals surface area contributed by atoms with Crippen LogP contribution in [0.5, 0.6) is 0 Å². The van der Waals surface area contributed by atoms with Crippen LogP contribution in [0.1, 0.15) is 226 Å². The monoisotopic (exact) mass is 927 g/mol. The fraction of sp³-hybridized carbons (Fsp3) is 0.623. The van der Waals surface area contributed by atoms with Gasteiger partial charge in [0, 0.05) is 19.3 Å². The van der Waals surface area contributed by atoms with Gasteiger partial charge in [0.15, 0.2) is 6.10 Å². The molecule has 0 saturated heterocycles. The van der Waals surface area contributed by atoms with Gasteiger partial charge in [0.2, 0.25) is 0 Å². The van der Waals surface area contributed by atoms with E-state index in [4.69, 9.17) is 14.2 Å². The third-order valence-electron chi connectivity index (χ3n) is 10.9. The normalized spacial score (nSPS) is 13.1. The molecule has 1 atom stereocenters. The summed E-state index contributed by atoms with van der Waals surface area (Å²) in [7, 11) is 0. The molecule has 0 fully saturated rings. The molecule has 378 valence electrons. The average molecular weight is 927 g/mol. The SMILES string of the molecule is CC/C=C\C/C=C\C/C=C\C/C=C\CCCCCCC(=O)OC[C@H](COC(=O)CCCC/C=C\C/C=C\C/C=C\CCCCC)OC(=O)CCC/C=C\C/C=C\C/C=C\CCCCCCCC. The zero-order chi connectivity index (χ0) is 48.6. The standard InChI is InChI=1S/C61H98O6/c1-4-7-10-13-16-19-22-25-28-30-33-36-39-42-45-48-51-54-60(63)66-57-58(56-65-59(62)53-50-47-44-41-38-35-32-27-24-21-18-15-12-9-6-3)67-61(64)55-52-49-46-43-40-37-34-31-29-26-23-20-17-14-11-8-5-2/h7,10,16,18-19,21,25-29,32-34,36-38,41,43,46,58H,4-6,8-9,11-15,17,20,22-24,30-31,35,39-40,42,44-45,47-57H2,1-3H3/b10-7-,19-16-,21-18-,28-25-,29-26-,32-27-,36-33-,37-34-,41-38-,46-43-/t58-/m0/s1. The first-order chi connectivity index (χ1) is 33.0. The van der Waals surface area contributed by atoms with E-state index in [0.29, 0.717) is 25.7 Å². The van der Waals surface area contributed by atoms with Crippen molar-refractivity contribution in [3.05, 3.63) is 122 Å². The van der Waals surface area contributed by atoms with Crippen molar-refractivity contribution in [3.8, 4) is 0 Å². The molecule has 0 rings (SSSR count). The predicted molar refractivity (Wildman–Crippen MR) is 288 cm³/mol. The molecule has 0 spiro atoms. The van der Waals surface area contributed by atoms with Gasteiger partial charge < -0.3 is 14.2 Å². The summed E-state index contributed by atoms with van der Waals surface area (Å²) in [6.07, 6.45) is 74.7. The molecule has 0 aliphatic heterocycles. The summed E-state index contributed by atoms with van der Waals surface area (Å²) in [5.41, 5.74) is 0. The van der Waals surface area contributed by atoms with Gasteiger partial charge in [0.05, 0.1) is 0 Å². The second-order valence-electron chi connectivity index (χ2n) is 17.4. The molecule has 0 saturated carbocycles. The van der Waals surface area contributed by atoms with Crippen molar-refractivity contribution < 1.29 is 28.6 Å². The second kappa shape index (κ2) is 54.4. The van der Waals surface area contributed by atoms with Gasteiger partial charge in [-0.25, -0.2) is 0 Å². The smallest absolute Gasteiger partial charge is 0.306 e. The Morgan fingerprint density at radius 1 is 0.313 bits per heavy atom. The zero-order valence-electron chi connectivity index (χ0n) is 43.1. The number of hydrogen-bond donors (Lipinski definition) is 0. The highest BCUT2D eigenvalue weighted by Crippen LogP contribution is 2.11. The maximum absolute atomic E-state index is 12.8. The van der Waals surface area contributed by atoms with Gasteiger partial charge in [-0.1, -0.05) is 200 Å². The highest BCUT2D eigenvalue weighted by atomic mass is 16.6. The van der Waals surface area contributed by atoms with Crippen molar-refractivity contribution >= 4 is 17.9 Å². The number of carbonyl (C=O) groups excluding carboxylic acids is 3. The minimum Gasteiger partial charge on any atom is -0.462 e. The second-order valence-corrected chi connectivity index (χ2v) is 17.4. The lowest BCUT2D eigenvalue weighted by Crippen LogP contribution is -2.30. The fourth-order valence-corrected chi connectivity index (χ4v) is 6.87. The summed E-state index contributed by atoms with van der Waals surface area (Å²) in [5.74, 6) is -1.05. The van der Waals surface area contributed by atoms with Crippen molar-refractivity contribution in [3.63, 3.8) is 0 Å². The molecule has 0 aliphatic carbocycles. The van der Waals surface area contributed by atoms with Crippen molar-refractivity contribution in [1.82, 2.24) is 0 Å². The maximum atomic E-state index is 12.8. The number of rotatable bonds is 47. The molecule has 0 unspecified atom stereocenters. The molecule has 0 aromatic heterocycles. The molecular formula is C61H98O6. The van der Waals surface area contributed by atoms with E-state index >= 15 is 0 Å². The molecule has 0 N–H and O–H groups in total. The molecule has 0 amide bonds. The summed E-state index contributed by atoms with van der Waals surface area (Å²) in [4.78, 5) is 38.0. The summed E-state index contributed by atoms with van der Waals surface area (Å²) in [5, 5.41) is 0. The first-order valence-corrected chi connectivity index (χ1v) is 27.0. The van der Waals surface area contributed by atoms with Crippen molar-refractivity contribution in [2.24, 2.45) is 0 Å². The lowest BCUT2D eigenvalue weighted by Gasteiger charge is -2.18. The van der Waals surface area contributed by atoms with Crippen LogP contribution in [-0.4, -0.2) is 37.2 Å². The fourth-order valence-electron chi connectivity index (χ4n) is 6.87. The van der Waals surface area contributed by atoms with E-state index in [1.807, 2.05) is 0 Å². The Morgan fingerprint density at radius 3 is 1.01 bits per heavy atom. The lowest BCUT2D eigenvalue weighted by atomic mass is 10.1. The van der Waals surface area contributed by atoms with Crippen molar-refractivity contribution in [2.75, 3.05) is 13.2 Å². The van der Waals surface area contributed by atoms with E-state index < -0.39 is 6.10 Å². The van der Waals surface area contributed by atoms with Crippen LogP contribution < -0.4 is 0 Å². The number of allylic oxidation sites excluding steroid dienone is 20. The molecule has 0 heterocycles. The first kappa shape index (κ1) is 62.8. The molecule has 0 bridgehead atoms. The molecule has 0 aromatic carbocycles. The Bertz CT molecular complexity index is 1440. The third kappa shape index (κ3) is 52.6. The molecule has 6 heteroatoms. The van der Waals surface area contributed by atoms with Gasteiger partial charge in [0.1, 0.15) is 13.2 Å². The van der Waals surface area contributed by atoms with E-state index in [2.05, 4.69) is 142 Å². The Morgan fingerprint density at radius 2 is 0.597 bits per heavy atom. The Balaban J connectivity index is 4.59. The van der Waals surface area contributed by atoms with Crippen LogP contribution >= 0.6 is 0 Å². The van der Waals surface area contributed by atoms with Crippen LogP contribution in [0.2, 0.25) is 0 Å². The molecule has 0 radical (unpaired) electrons. The summed E-state index contributed by atoms with van der Waals surface area (Å²) in [6, 6.07) is 0. The summed E-state index contributed by atoms with van der Waals surface area (Å²) >= 11 is 0. The van der Waals surface area contributed by atoms with Gasteiger partial charge in [-0.15, -0.1) is 0 Å². The van der Waals surface area contributed by atoms with Crippen molar-refractivity contribution in [1.29, 1.82) is 0 Å². The minimum atomic E-state index is -0.834. The van der Waals surface area contributed by atoms with E-state index in [1.165, 1.54) is 70.6 Å². The topological polar surface area (TPSA) is 78.9 Å². The van der Waals surface area contributed by atoms with Crippen LogP contribution in [0, 0.1) is 0 Å². The highest BCUT2D eigenvalue weighted by molar-refractivity contribution is 5.71. The van der Waals surface area contributed by atoms with Crippen molar-refractivity contribution in [2.45, 2.75) is 232 Å². The molecule has 0 aliphatic rings. The lowest BCUT2D eigenvalue weighted by molar-refractivity contribution is -0.167. The summed E-state index contributed by atoms with van der Waals surface area (Å²) < 4.78 is 16.7. The largest absolute Gasteiger partial charge is 0.462 e. The first-order valence-electron chi connectivity index (χ1n) is 27.0. The Kier molecular flexibility index (Phi) is 51.0. The number of hydrogen-bond acceptors (Lipinski definition) is 6. The van der Waals surface area contributed by atoms with E-state index in [0.717, 1.165) is 103 Å². The van der Waals surface area contributed by atoms with Crippen LogP contribution in [0.15, 0.2) is 122 Å². The van der Waals surface area contributed by atoms with E-state index in [9.17, 15) is 14.4 Å². The van der Waals surface area contributed by atoms with Gasteiger partial charge in [-0.2, -0.15) is 0 Å². The zero-order valence-corrected chi connectivity index (χ0v) is 43.1. The molecular weight excluding hydrogens is 829 g/mol. The third-order valence-corrected chi connectivity index (χ3v) is 10.9. The number of unbranched alkanes of at least 4 members (excludes halogenated alkanes) is 16. The van der Waals surface area contributed by atoms with Gasteiger partial charge in [0.25, 0.3) is 0 Å². The quantitative estimate of drug-likeness (QED) is 0.0262. The molecule has 0 aromatic rings.